The number of morpholine rings is 1. The van der Waals surface area contributed by atoms with Gasteiger partial charge in [0, 0.05) is 39.4 Å². The second kappa shape index (κ2) is 8.76. The van der Waals surface area contributed by atoms with E-state index in [0.29, 0.717) is 19.8 Å². The quantitative estimate of drug-likeness (QED) is 0.665. The van der Waals surface area contributed by atoms with E-state index in [1.165, 1.54) is 4.68 Å². The molecule has 1 aliphatic heterocycles. The van der Waals surface area contributed by atoms with Gasteiger partial charge in [-0.3, -0.25) is 4.79 Å². The third kappa shape index (κ3) is 5.11. The number of anilines is 1. The van der Waals surface area contributed by atoms with Gasteiger partial charge < -0.3 is 19.7 Å². The van der Waals surface area contributed by atoms with Gasteiger partial charge in [-0.2, -0.15) is 5.10 Å². The molecule has 0 aromatic carbocycles. The van der Waals surface area contributed by atoms with Crippen molar-refractivity contribution < 1.29 is 9.47 Å². The molecule has 0 spiro atoms. The average Bonchev–Trinajstić information content (AvgIpc) is 2.53. The Labute approximate surface area is 124 Å². The van der Waals surface area contributed by atoms with Crippen LogP contribution in [0.15, 0.2) is 17.1 Å². The van der Waals surface area contributed by atoms with E-state index in [1.807, 2.05) is 0 Å². The van der Waals surface area contributed by atoms with Gasteiger partial charge in [0.1, 0.15) is 0 Å². The van der Waals surface area contributed by atoms with Crippen LogP contribution in [0.3, 0.4) is 0 Å². The zero-order chi connectivity index (χ0) is 14.9. The normalized spacial score (nSPS) is 15.4. The van der Waals surface area contributed by atoms with Crippen molar-refractivity contribution in [3.63, 3.8) is 0 Å². The van der Waals surface area contributed by atoms with Crippen molar-refractivity contribution in [2.75, 3.05) is 58.0 Å². The van der Waals surface area contributed by atoms with Gasteiger partial charge >= 0.3 is 0 Å². The number of aromatic nitrogens is 2. The Morgan fingerprint density at radius 1 is 1.38 bits per heavy atom. The van der Waals surface area contributed by atoms with E-state index in [4.69, 9.17) is 9.47 Å². The number of hydrogen-bond donors (Lipinski definition) is 1. The summed E-state index contributed by atoms with van der Waals surface area (Å²) in [5.41, 5.74) is 0.824. The minimum atomic E-state index is -0.0577. The molecule has 0 aliphatic carbocycles. The molecule has 0 saturated carbocycles. The van der Waals surface area contributed by atoms with E-state index in [1.54, 1.807) is 19.4 Å². The fourth-order valence-corrected chi connectivity index (χ4v) is 2.24. The molecule has 118 valence electrons. The maximum atomic E-state index is 12.0. The Kier molecular flexibility index (Phi) is 6.65. The van der Waals surface area contributed by atoms with Crippen molar-refractivity contribution in [1.29, 1.82) is 0 Å². The average molecular weight is 296 g/mol. The highest BCUT2D eigenvalue weighted by atomic mass is 16.5. The maximum absolute atomic E-state index is 12.0. The van der Waals surface area contributed by atoms with Crippen LogP contribution >= 0.6 is 0 Å². The molecular weight excluding hydrogens is 272 g/mol. The summed E-state index contributed by atoms with van der Waals surface area (Å²) in [6, 6.07) is 1.66. The molecule has 0 radical (unpaired) electrons. The summed E-state index contributed by atoms with van der Waals surface area (Å²) >= 11 is 0. The summed E-state index contributed by atoms with van der Waals surface area (Å²) in [7, 11) is 1.69. The minimum absolute atomic E-state index is 0.0577. The van der Waals surface area contributed by atoms with Gasteiger partial charge in [0.15, 0.2) is 0 Å². The van der Waals surface area contributed by atoms with Crippen LogP contribution in [0.1, 0.15) is 6.42 Å². The van der Waals surface area contributed by atoms with Crippen LogP contribution in [-0.2, 0) is 16.0 Å². The van der Waals surface area contributed by atoms with Crippen molar-refractivity contribution in [2.24, 2.45) is 0 Å². The van der Waals surface area contributed by atoms with E-state index in [2.05, 4.69) is 15.3 Å². The lowest BCUT2D eigenvalue weighted by Gasteiger charge is -2.28. The molecule has 0 bridgehead atoms. The largest absolute Gasteiger partial charge is 0.385 e. The molecule has 0 atom stereocenters. The van der Waals surface area contributed by atoms with Crippen LogP contribution in [0.25, 0.3) is 0 Å². The van der Waals surface area contributed by atoms with E-state index in [9.17, 15) is 4.79 Å². The molecule has 1 aromatic heterocycles. The highest BCUT2D eigenvalue weighted by molar-refractivity contribution is 5.43. The van der Waals surface area contributed by atoms with Crippen molar-refractivity contribution in [3.05, 3.63) is 22.6 Å². The fraction of sp³-hybridized carbons (Fsp3) is 0.714. The molecule has 21 heavy (non-hydrogen) atoms. The Balaban J connectivity index is 1.80. The maximum Gasteiger partial charge on any atom is 0.268 e. The molecular formula is C14H24N4O3. The first-order chi connectivity index (χ1) is 10.3. The Hall–Kier alpha value is -1.44. The molecule has 7 heteroatoms. The summed E-state index contributed by atoms with van der Waals surface area (Å²) < 4.78 is 11.8. The minimum Gasteiger partial charge on any atom is -0.385 e. The Morgan fingerprint density at radius 3 is 2.90 bits per heavy atom. The lowest BCUT2D eigenvalue weighted by Crippen LogP contribution is -2.37. The smallest absolute Gasteiger partial charge is 0.268 e. The van der Waals surface area contributed by atoms with Crippen LogP contribution < -0.4 is 15.8 Å². The van der Waals surface area contributed by atoms with Gasteiger partial charge in [-0.25, -0.2) is 4.68 Å². The fourth-order valence-electron chi connectivity index (χ4n) is 2.24. The number of hydrogen-bond acceptors (Lipinski definition) is 6. The summed E-state index contributed by atoms with van der Waals surface area (Å²) in [5.74, 6) is 0. The Bertz CT molecular complexity index is 472. The number of methoxy groups -OCH3 is 1. The van der Waals surface area contributed by atoms with Crippen molar-refractivity contribution in [1.82, 2.24) is 15.1 Å². The molecule has 1 aliphatic rings. The van der Waals surface area contributed by atoms with Crippen LogP contribution in [-0.4, -0.2) is 62.9 Å². The van der Waals surface area contributed by atoms with Gasteiger partial charge in [-0.05, 0) is 13.0 Å². The third-order valence-corrected chi connectivity index (χ3v) is 3.43. The number of rotatable bonds is 8. The lowest BCUT2D eigenvalue weighted by molar-refractivity contribution is 0.122. The lowest BCUT2D eigenvalue weighted by atomic mass is 10.3. The zero-order valence-corrected chi connectivity index (χ0v) is 12.6. The van der Waals surface area contributed by atoms with E-state index in [-0.39, 0.29) is 5.56 Å². The first-order valence-corrected chi connectivity index (χ1v) is 7.41. The molecule has 1 saturated heterocycles. The second-order valence-corrected chi connectivity index (χ2v) is 4.97. The Morgan fingerprint density at radius 2 is 2.19 bits per heavy atom. The first kappa shape index (κ1) is 15.9. The summed E-state index contributed by atoms with van der Waals surface area (Å²) in [6.07, 6.45) is 2.73. The zero-order valence-electron chi connectivity index (χ0n) is 12.6. The highest BCUT2D eigenvalue weighted by Crippen LogP contribution is 2.11. The van der Waals surface area contributed by atoms with Crippen LogP contribution in [0.5, 0.6) is 0 Å². The summed E-state index contributed by atoms with van der Waals surface area (Å²) in [6.45, 7) is 5.97. The predicted molar refractivity (Wildman–Crippen MR) is 80.9 cm³/mol. The monoisotopic (exact) mass is 296 g/mol. The van der Waals surface area contributed by atoms with Crippen molar-refractivity contribution >= 4 is 5.69 Å². The van der Waals surface area contributed by atoms with Crippen molar-refractivity contribution in [3.8, 4) is 0 Å². The molecule has 2 heterocycles. The summed E-state index contributed by atoms with van der Waals surface area (Å²) in [4.78, 5) is 14.2. The number of ether oxygens (including phenoxy) is 2. The predicted octanol–water partition coefficient (Wildman–Crippen LogP) is -0.294. The van der Waals surface area contributed by atoms with E-state index < -0.39 is 0 Å². The van der Waals surface area contributed by atoms with Crippen LogP contribution in [0, 0.1) is 0 Å². The summed E-state index contributed by atoms with van der Waals surface area (Å²) in [5, 5.41) is 7.51. The van der Waals surface area contributed by atoms with Gasteiger partial charge in [0.2, 0.25) is 0 Å². The van der Waals surface area contributed by atoms with Gasteiger partial charge in [0.25, 0.3) is 5.56 Å². The van der Waals surface area contributed by atoms with Gasteiger partial charge in [0.05, 0.1) is 31.6 Å². The van der Waals surface area contributed by atoms with Crippen LogP contribution in [0.4, 0.5) is 5.69 Å². The second-order valence-electron chi connectivity index (χ2n) is 4.97. The SMILES string of the molecule is COCCCNCCn1ncc(N2CCOCC2)cc1=O. The molecule has 0 amide bonds. The van der Waals surface area contributed by atoms with Crippen molar-refractivity contribution in [2.45, 2.75) is 13.0 Å². The van der Waals surface area contributed by atoms with Gasteiger partial charge in [-0.1, -0.05) is 0 Å². The van der Waals surface area contributed by atoms with Gasteiger partial charge in [-0.15, -0.1) is 0 Å². The first-order valence-electron chi connectivity index (χ1n) is 7.41. The molecule has 0 unspecified atom stereocenters. The third-order valence-electron chi connectivity index (χ3n) is 3.43. The topological polar surface area (TPSA) is 68.6 Å². The van der Waals surface area contributed by atoms with E-state index >= 15 is 0 Å². The molecule has 1 aromatic rings. The standard InChI is InChI=1S/C14H24N4O3/c1-20-8-2-3-15-4-5-18-14(19)11-13(12-16-18)17-6-9-21-10-7-17/h11-12,15H,2-10H2,1H3. The molecule has 2 rings (SSSR count). The van der Waals surface area contributed by atoms with Crippen LogP contribution in [0.2, 0.25) is 0 Å². The molecule has 1 fully saturated rings. The highest BCUT2D eigenvalue weighted by Gasteiger charge is 2.12. The number of nitrogens with one attached hydrogen (secondary N) is 1. The number of nitrogens with zero attached hydrogens (tertiary/aromatic N) is 3. The van der Waals surface area contributed by atoms with E-state index in [0.717, 1.165) is 44.9 Å². The molecule has 1 N–H and O–H groups in total. The molecule has 7 nitrogen and oxygen atoms in total.